The van der Waals surface area contributed by atoms with E-state index in [2.05, 4.69) is 9.97 Å². The molecule has 2 heterocycles. The third-order valence-electron chi connectivity index (χ3n) is 5.92. The van der Waals surface area contributed by atoms with Crippen molar-refractivity contribution in [2.75, 3.05) is 13.1 Å². The van der Waals surface area contributed by atoms with Gasteiger partial charge in [0, 0.05) is 45.6 Å². The Balaban J connectivity index is 0.00000149. The summed E-state index contributed by atoms with van der Waals surface area (Å²) in [6.45, 7) is 7.18. The normalized spacial score (nSPS) is 16.6. The van der Waals surface area contributed by atoms with Crippen molar-refractivity contribution in [3.8, 4) is 0 Å². The average molecular weight is 456 g/mol. The molecular weight excluding hydrogens is 422 g/mol. The summed E-state index contributed by atoms with van der Waals surface area (Å²) in [7, 11) is 0. The van der Waals surface area contributed by atoms with E-state index in [0.717, 1.165) is 30.4 Å². The first-order chi connectivity index (χ1) is 16.0. The number of aromatic nitrogens is 2. The van der Waals surface area contributed by atoms with Crippen molar-refractivity contribution in [1.82, 2.24) is 14.9 Å². The van der Waals surface area contributed by atoms with Crippen LogP contribution in [0.3, 0.4) is 0 Å². The fourth-order valence-corrected chi connectivity index (χ4v) is 4.03. The molecular formula is C26H33F2N4O. The molecule has 1 N–H and O–H groups in total. The molecule has 33 heavy (non-hydrogen) atoms. The topological polar surface area (TPSA) is 69.9 Å². The molecule has 1 radical (unpaired) electrons. The zero-order chi connectivity index (χ0) is 24.0. The van der Waals surface area contributed by atoms with E-state index in [1.165, 1.54) is 18.5 Å². The molecule has 4 rings (SSSR count). The van der Waals surface area contributed by atoms with Gasteiger partial charge >= 0.3 is 0 Å². The third kappa shape index (κ3) is 5.78. The van der Waals surface area contributed by atoms with E-state index in [0.29, 0.717) is 30.8 Å². The van der Waals surface area contributed by atoms with Crippen molar-refractivity contribution in [1.29, 1.82) is 5.41 Å². The number of carbonyl (C=O) groups excluding carboxylic acids is 1. The maximum Gasteiger partial charge on any atom is 0.223 e. The van der Waals surface area contributed by atoms with Crippen LogP contribution < -0.4 is 0 Å². The van der Waals surface area contributed by atoms with Gasteiger partial charge in [-0.15, -0.1) is 0 Å². The molecule has 7 heteroatoms. The number of amides is 1. The number of piperidine rings is 1. The number of hydrogen-bond acceptors (Lipinski definition) is 4. The van der Waals surface area contributed by atoms with E-state index in [-0.39, 0.29) is 26.0 Å². The first-order valence-corrected chi connectivity index (χ1v) is 11.3. The van der Waals surface area contributed by atoms with Crippen LogP contribution in [0.5, 0.6) is 0 Å². The van der Waals surface area contributed by atoms with Crippen LogP contribution >= 0.6 is 0 Å². The number of benzene rings is 1. The minimum Gasteiger partial charge on any atom is -0.343 e. The van der Waals surface area contributed by atoms with Gasteiger partial charge in [-0.25, -0.2) is 18.7 Å². The van der Waals surface area contributed by atoms with Crippen LogP contribution in [0.15, 0.2) is 54.5 Å². The molecule has 0 bridgehead atoms. The van der Waals surface area contributed by atoms with Gasteiger partial charge in [0.25, 0.3) is 0 Å². The number of carbonyl (C=O) groups is 1. The van der Waals surface area contributed by atoms with Gasteiger partial charge in [-0.2, -0.15) is 0 Å². The van der Waals surface area contributed by atoms with Gasteiger partial charge in [0.15, 0.2) is 11.6 Å². The predicted octanol–water partition coefficient (Wildman–Crippen LogP) is 5.89. The first-order valence-electron chi connectivity index (χ1n) is 11.3. The van der Waals surface area contributed by atoms with Crippen molar-refractivity contribution in [2.45, 2.75) is 40.0 Å². The van der Waals surface area contributed by atoms with Crippen molar-refractivity contribution < 1.29 is 16.4 Å². The highest BCUT2D eigenvalue weighted by atomic mass is 19.2. The Morgan fingerprint density at radius 1 is 1.18 bits per heavy atom. The predicted molar refractivity (Wildman–Crippen MR) is 130 cm³/mol. The Kier molecular flexibility index (Phi) is 8.20. The maximum atomic E-state index is 14.5. The molecule has 1 amide bonds. The lowest BCUT2D eigenvalue weighted by molar-refractivity contribution is -0.131. The molecule has 2 aromatic rings. The number of nitrogens with zero attached hydrogens (tertiary/aromatic N) is 3. The second-order valence-corrected chi connectivity index (χ2v) is 7.87. The summed E-state index contributed by atoms with van der Waals surface area (Å²) in [5.41, 5.74) is 1.65. The first kappa shape index (κ1) is 24.4. The van der Waals surface area contributed by atoms with E-state index < -0.39 is 11.6 Å². The SMILES string of the molecule is C/C(=C(\C(=N)c1cccc(F)c1F)c1ccncn1)C1CCN(C(=O)C[C]2C=C2)CC1.CC.[HH].[HH]. The van der Waals surface area contributed by atoms with E-state index in [9.17, 15) is 13.6 Å². The summed E-state index contributed by atoms with van der Waals surface area (Å²) >= 11 is 0. The molecule has 1 aliphatic heterocycles. The Bertz CT molecular complexity index is 1060. The molecule has 1 fully saturated rings. The van der Waals surface area contributed by atoms with Gasteiger partial charge < -0.3 is 4.90 Å². The molecule has 5 nitrogen and oxygen atoms in total. The fourth-order valence-electron chi connectivity index (χ4n) is 4.03. The van der Waals surface area contributed by atoms with Gasteiger partial charge in [0.1, 0.15) is 6.33 Å². The van der Waals surface area contributed by atoms with Gasteiger partial charge in [-0.3, -0.25) is 10.2 Å². The Morgan fingerprint density at radius 3 is 2.48 bits per heavy atom. The highest BCUT2D eigenvalue weighted by Crippen LogP contribution is 2.33. The van der Waals surface area contributed by atoms with E-state index in [4.69, 9.17) is 5.41 Å². The van der Waals surface area contributed by atoms with E-state index in [1.54, 1.807) is 12.3 Å². The molecule has 1 aliphatic carbocycles. The van der Waals surface area contributed by atoms with Crippen LogP contribution in [0.1, 0.15) is 54.1 Å². The van der Waals surface area contributed by atoms with E-state index >= 15 is 0 Å². The van der Waals surface area contributed by atoms with Crippen molar-refractivity contribution in [2.24, 2.45) is 5.92 Å². The summed E-state index contributed by atoms with van der Waals surface area (Å²) in [6, 6.07) is 5.50. The molecule has 177 valence electrons. The zero-order valence-electron chi connectivity index (χ0n) is 19.2. The standard InChI is InChI=1S/C24H23F2N4O.C2H6.2H2/c1-15(17-8-11-30(12-9-17)21(31)13-16-5-6-16)22(20-7-10-28-14-29-20)24(27)18-3-2-4-19(25)23(18)26;1-2;;/h2-7,10,14,17,27H,8-9,11-13H2,1H3;1-2H3;2*1H/b22-15+,27-24?;;;. The minimum absolute atomic E-state index is 0. The van der Waals surface area contributed by atoms with Crippen LogP contribution in [-0.4, -0.2) is 39.6 Å². The molecule has 0 unspecified atom stereocenters. The van der Waals surface area contributed by atoms with Crippen LogP contribution in [0.4, 0.5) is 8.78 Å². The smallest absolute Gasteiger partial charge is 0.223 e. The molecule has 0 atom stereocenters. The van der Waals surface area contributed by atoms with Gasteiger partial charge in [0.05, 0.1) is 11.4 Å². The monoisotopic (exact) mass is 455 g/mol. The van der Waals surface area contributed by atoms with Gasteiger partial charge in [0.2, 0.25) is 5.91 Å². The van der Waals surface area contributed by atoms with Gasteiger partial charge in [-0.1, -0.05) is 37.6 Å². The van der Waals surface area contributed by atoms with Crippen LogP contribution in [-0.2, 0) is 4.79 Å². The Hall–Kier alpha value is -3.22. The largest absolute Gasteiger partial charge is 0.343 e. The number of likely N-dealkylation sites (tertiary alicyclic amines) is 1. The molecule has 1 saturated heterocycles. The Labute approximate surface area is 196 Å². The minimum atomic E-state index is -1.04. The number of rotatable bonds is 6. The average Bonchev–Trinajstić information content (AvgIpc) is 3.67. The summed E-state index contributed by atoms with van der Waals surface area (Å²) in [5, 5.41) is 8.70. The molecule has 1 aromatic carbocycles. The number of halogens is 2. The van der Waals surface area contributed by atoms with Crippen LogP contribution in [0.2, 0.25) is 0 Å². The maximum absolute atomic E-state index is 14.5. The third-order valence-corrected chi connectivity index (χ3v) is 5.92. The van der Waals surface area contributed by atoms with Crippen molar-refractivity contribution >= 4 is 17.2 Å². The summed E-state index contributed by atoms with van der Waals surface area (Å²) in [4.78, 5) is 22.4. The van der Waals surface area contributed by atoms with Crippen molar-refractivity contribution in [3.05, 3.63) is 83.3 Å². The highest BCUT2D eigenvalue weighted by Gasteiger charge is 2.29. The lowest BCUT2D eigenvalue weighted by Crippen LogP contribution is -2.39. The second-order valence-electron chi connectivity index (χ2n) is 7.87. The fraction of sp³-hybridized carbons (Fsp3) is 0.346. The molecule has 0 spiro atoms. The molecule has 1 aromatic heterocycles. The second kappa shape index (κ2) is 11.1. The highest BCUT2D eigenvalue weighted by molar-refractivity contribution is 6.30. The van der Waals surface area contributed by atoms with Gasteiger partial charge in [-0.05, 0) is 43.9 Å². The summed E-state index contributed by atoms with van der Waals surface area (Å²) in [6.07, 6.45) is 8.78. The van der Waals surface area contributed by atoms with Crippen molar-refractivity contribution in [3.63, 3.8) is 0 Å². The summed E-state index contributed by atoms with van der Waals surface area (Å²) < 4.78 is 28.3. The number of nitrogens with one attached hydrogen (secondary N) is 1. The van der Waals surface area contributed by atoms with Crippen LogP contribution in [0.25, 0.3) is 5.57 Å². The summed E-state index contributed by atoms with van der Waals surface area (Å²) in [5.74, 6) is -0.710. The lowest BCUT2D eigenvalue weighted by atomic mass is 9.83. The quantitative estimate of drug-likeness (QED) is 0.552. The molecule has 0 saturated carbocycles. The van der Waals surface area contributed by atoms with Crippen LogP contribution in [0, 0.1) is 28.9 Å². The lowest BCUT2D eigenvalue weighted by Gasteiger charge is -2.33. The Morgan fingerprint density at radius 2 is 1.88 bits per heavy atom. The zero-order valence-corrected chi connectivity index (χ0v) is 19.2. The molecule has 2 aliphatic rings. The number of hydrogen-bond donors (Lipinski definition) is 1. The van der Waals surface area contributed by atoms with E-state index in [1.807, 2.05) is 37.8 Å². The number of allylic oxidation sites excluding steroid dienone is 4.